The Bertz CT molecular complexity index is 524. The van der Waals surface area contributed by atoms with Crippen LogP contribution in [0.15, 0.2) is 12.4 Å². The van der Waals surface area contributed by atoms with Crippen LogP contribution in [0.4, 0.5) is 0 Å². The van der Waals surface area contributed by atoms with Gasteiger partial charge in [0.05, 0.1) is 23.4 Å². The Kier molecular flexibility index (Phi) is 3.10. The number of carbonyl (C=O) groups excluding carboxylic acids is 1. The lowest BCUT2D eigenvalue weighted by Gasteiger charge is -2.09. The first-order valence-corrected chi connectivity index (χ1v) is 7.08. The maximum atomic E-state index is 11.7. The summed E-state index contributed by atoms with van der Waals surface area (Å²) in [7, 11) is -2.98. The van der Waals surface area contributed by atoms with Gasteiger partial charge >= 0.3 is 0 Å². The normalized spacial score (nSPS) is 22.3. The molecule has 1 aromatic heterocycles. The van der Waals surface area contributed by atoms with Gasteiger partial charge < -0.3 is 5.32 Å². The van der Waals surface area contributed by atoms with Crippen LogP contribution < -0.4 is 5.32 Å². The van der Waals surface area contributed by atoms with E-state index < -0.39 is 9.84 Å². The Balaban J connectivity index is 2.01. The third kappa shape index (κ3) is 3.00. The molecule has 1 fully saturated rings. The van der Waals surface area contributed by atoms with E-state index in [0.29, 0.717) is 6.42 Å². The van der Waals surface area contributed by atoms with E-state index in [0.717, 1.165) is 5.69 Å². The fourth-order valence-electron chi connectivity index (χ4n) is 1.68. The van der Waals surface area contributed by atoms with Crippen LogP contribution in [0.2, 0.25) is 0 Å². The largest absolute Gasteiger partial charge is 0.347 e. The number of hydrogen-bond donors (Lipinski definition) is 1. The third-order valence-electron chi connectivity index (χ3n) is 2.58. The van der Waals surface area contributed by atoms with Crippen molar-refractivity contribution in [1.29, 1.82) is 0 Å². The number of nitrogens with one attached hydrogen (secondary N) is 1. The van der Waals surface area contributed by atoms with Crippen molar-refractivity contribution in [2.24, 2.45) is 0 Å². The summed E-state index contributed by atoms with van der Waals surface area (Å²) in [5.74, 6) is -0.227. The predicted molar refractivity (Wildman–Crippen MR) is 61.3 cm³/mol. The molecular formula is C10H13N3O3S. The van der Waals surface area contributed by atoms with E-state index in [1.807, 2.05) is 0 Å². The highest BCUT2D eigenvalue weighted by Crippen LogP contribution is 2.11. The zero-order valence-corrected chi connectivity index (χ0v) is 10.2. The van der Waals surface area contributed by atoms with Gasteiger partial charge in [-0.2, -0.15) is 0 Å². The van der Waals surface area contributed by atoms with Crippen LogP contribution in [0.3, 0.4) is 0 Å². The van der Waals surface area contributed by atoms with Crippen LogP contribution in [-0.2, 0) is 9.84 Å². The number of aryl methyl sites for hydroxylation is 1. The van der Waals surface area contributed by atoms with Crippen LogP contribution in [0.25, 0.3) is 0 Å². The first-order chi connectivity index (χ1) is 7.96. The van der Waals surface area contributed by atoms with Gasteiger partial charge in [-0.1, -0.05) is 0 Å². The Hall–Kier alpha value is -1.50. The maximum Gasteiger partial charge on any atom is 0.271 e. The molecule has 0 aliphatic carbocycles. The standard InChI is InChI=1S/C10H13N3O3S/c1-7-4-12-9(5-11-7)10(14)13-8-2-3-17(15,16)6-8/h4-5,8H,2-3,6H2,1H3,(H,13,14)/t8-/m0/s1. The number of amides is 1. The molecule has 0 unspecified atom stereocenters. The summed E-state index contributed by atoms with van der Waals surface area (Å²) in [5.41, 5.74) is 0.935. The third-order valence-corrected chi connectivity index (χ3v) is 4.35. The van der Waals surface area contributed by atoms with Crippen molar-refractivity contribution in [2.45, 2.75) is 19.4 Å². The number of sulfone groups is 1. The summed E-state index contributed by atoms with van der Waals surface area (Å²) in [6, 6.07) is -0.310. The van der Waals surface area contributed by atoms with E-state index in [2.05, 4.69) is 15.3 Å². The van der Waals surface area contributed by atoms with Crippen LogP contribution in [0, 0.1) is 6.92 Å². The molecule has 1 aliphatic rings. The minimum Gasteiger partial charge on any atom is -0.347 e. The van der Waals surface area contributed by atoms with Crippen molar-refractivity contribution in [3.8, 4) is 0 Å². The molecule has 0 radical (unpaired) electrons. The van der Waals surface area contributed by atoms with E-state index >= 15 is 0 Å². The summed E-state index contributed by atoms with van der Waals surface area (Å²) in [5, 5.41) is 2.65. The lowest BCUT2D eigenvalue weighted by Crippen LogP contribution is -2.36. The molecule has 0 saturated carbocycles. The van der Waals surface area contributed by atoms with Gasteiger partial charge in [0, 0.05) is 12.2 Å². The van der Waals surface area contributed by atoms with Crippen molar-refractivity contribution >= 4 is 15.7 Å². The second-order valence-corrected chi connectivity index (χ2v) is 6.35. The molecule has 1 saturated heterocycles. The Morgan fingerprint density at radius 1 is 1.41 bits per heavy atom. The number of aromatic nitrogens is 2. The van der Waals surface area contributed by atoms with E-state index in [-0.39, 0.29) is 29.1 Å². The highest BCUT2D eigenvalue weighted by molar-refractivity contribution is 7.91. The molecule has 7 heteroatoms. The van der Waals surface area contributed by atoms with Gasteiger partial charge in [-0.3, -0.25) is 9.78 Å². The van der Waals surface area contributed by atoms with E-state index in [4.69, 9.17) is 0 Å². The zero-order chi connectivity index (χ0) is 12.5. The monoisotopic (exact) mass is 255 g/mol. The average Bonchev–Trinajstić information content (AvgIpc) is 2.59. The molecule has 1 aliphatic heterocycles. The van der Waals surface area contributed by atoms with Gasteiger partial charge in [-0.25, -0.2) is 13.4 Å². The van der Waals surface area contributed by atoms with E-state index in [1.54, 1.807) is 6.92 Å². The molecule has 0 spiro atoms. The van der Waals surface area contributed by atoms with Crippen molar-refractivity contribution in [1.82, 2.24) is 15.3 Å². The zero-order valence-electron chi connectivity index (χ0n) is 9.38. The van der Waals surface area contributed by atoms with Gasteiger partial charge in [0.15, 0.2) is 9.84 Å². The smallest absolute Gasteiger partial charge is 0.271 e. The van der Waals surface area contributed by atoms with Crippen LogP contribution in [0.5, 0.6) is 0 Å². The molecule has 1 amide bonds. The highest BCUT2D eigenvalue weighted by Gasteiger charge is 2.29. The van der Waals surface area contributed by atoms with Crippen molar-refractivity contribution in [3.05, 3.63) is 23.8 Å². The predicted octanol–water partition coefficient (Wildman–Crippen LogP) is -0.298. The van der Waals surface area contributed by atoms with Crippen molar-refractivity contribution < 1.29 is 13.2 Å². The molecule has 92 valence electrons. The minimum absolute atomic E-state index is 0.0119. The van der Waals surface area contributed by atoms with Crippen molar-refractivity contribution in [2.75, 3.05) is 11.5 Å². The molecule has 1 atom stereocenters. The van der Waals surface area contributed by atoms with Crippen LogP contribution in [0.1, 0.15) is 22.6 Å². The van der Waals surface area contributed by atoms with E-state index in [1.165, 1.54) is 12.4 Å². The second-order valence-electron chi connectivity index (χ2n) is 4.12. The maximum absolute atomic E-state index is 11.7. The highest BCUT2D eigenvalue weighted by atomic mass is 32.2. The fourth-order valence-corrected chi connectivity index (χ4v) is 3.35. The molecule has 1 N–H and O–H groups in total. The molecular weight excluding hydrogens is 242 g/mol. The Morgan fingerprint density at radius 2 is 2.18 bits per heavy atom. The summed E-state index contributed by atoms with van der Waals surface area (Å²) < 4.78 is 22.4. The Morgan fingerprint density at radius 3 is 2.71 bits per heavy atom. The molecule has 0 bridgehead atoms. The summed E-state index contributed by atoms with van der Waals surface area (Å²) in [6.45, 7) is 1.78. The van der Waals surface area contributed by atoms with Gasteiger partial charge in [0.25, 0.3) is 5.91 Å². The lowest BCUT2D eigenvalue weighted by molar-refractivity contribution is 0.0935. The topological polar surface area (TPSA) is 89.0 Å². The summed E-state index contributed by atoms with van der Waals surface area (Å²) >= 11 is 0. The van der Waals surface area contributed by atoms with Crippen molar-refractivity contribution in [3.63, 3.8) is 0 Å². The number of carbonyl (C=O) groups is 1. The van der Waals surface area contributed by atoms with Crippen LogP contribution >= 0.6 is 0 Å². The number of nitrogens with zero attached hydrogens (tertiary/aromatic N) is 2. The minimum atomic E-state index is -2.98. The number of hydrogen-bond acceptors (Lipinski definition) is 5. The molecule has 2 heterocycles. The average molecular weight is 255 g/mol. The Labute approximate surface area is 99.4 Å². The number of rotatable bonds is 2. The van der Waals surface area contributed by atoms with Gasteiger partial charge in [-0.15, -0.1) is 0 Å². The first-order valence-electron chi connectivity index (χ1n) is 5.26. The summed E-state index contributed by atoms with van der Waals surface area (Å²) in [6.07, 6.45) is 3.35. The quantitative estimate of drug-likeness (QED) is 0.784. The SMILES string of the molecule is Cc1cnc(C(=O)N[C@H]2CCS(=O)(=O)C2)cn1. The van der Waals surface area contributed by atoms with Gasteiger partial charge in [-0.05, 0) is 13.3 Å². The summed E-state index contributed by atoms with van der Waals surface area (Å²) in [4.78, 5) is 19.6. The molecule has 0 aromatic carbocycles. The fraction of sp³-hybridized carbons (Fsp3) is 0.500. The lowest BCUT2D eigenvalue weighted by atomic mass is 10.2. The molecule has 6 nitrogen and oxygen atoms in total. The molecule has 17 heavy (non-hydrogen) atoms. The molecule has 1 aromatic rings. The van der Waals surface area contributed by atoms with E-state index in [9.17, 15) is 13.2 Å². The van der Waals surface area contributed by atoms with Gasteiger partial charge in [0.1, 0.15) is 5.69 Å². The van der Waals surface area contributed by atoms with Gasteiger partial charge in [0.2, 0.25) is 0 Å². The first kappa shape index (κ1) is 12.0. The second kappa shape index (κ2) is 4.40. The molecule has 2 rings (SSSR count). The van der Waals surface area contributed by atoms with Crippen LogP contribution in [-0.4, -0.2) is 41.8 Å².